The summed E-state index contributed by atoms with van der Waals surface area (Å²) in [4.78, 5) is 12.3. The highest BCUT2D eigenvalue weighted by atomic mass is 16.1. The highest BCUT2D eigenvalue weighted by molar-refractivity contribution is 6.22. The topological polar surface area (TPSA) is 17.1 Å². The molecule has 17 heavy (non-hydrogen) atoms. The van der Waals surface area contributed by atoms with Gasteiger partial charge in [-0.3, -0.25) is 4.79 Å². The molecule has 1 nitrogen and oxygen atoms in total. The lowest BCUT2D eigenvalue weighted by atomic mass is 9.95. The van der Waals surface area contributed by atoms with E-state index >= 15 is 0 Å². The smallest absolute Gasteiger partial charge is 0.194 e. The van der Waals surface area contributed by atoms with Crippen LogP contribution >= 0.6 is 0 Å². The van der Waals surface area contributed by atoms with Crippen LogP contribution in [0.15, 0.2) is 30.3 Å². The van der Waals surface area contributed by atoms with Crippen LogP contribution in [0, 0.1) is 20.8 Å². The molecule has 0 heterocycles. The summed E-state index contributed by atoms with van der Waals surface area (Å²) < 4.78 is 0. The van der Waals surface area contributed by atoms with Crippen LogP contribution in [0.2, 0.25) is 0 Å². The van der Waals surface area contributed by atoms with Gasteiger partial charge in [0, 0.05) is 11.1 Å². The second-order valence-electron chi connectivity index (χ2n) is 4.83. The van der Waals surface area contributed by atoms with Crippen molar-refractivity contribution in [1.82, 2.24) is 0 Å². The van der Waals surface area contributed by atoms with Gasteiger partial charge >= 0.3 is 0 Å². The molecule has 0 saturated carbocycles. The molecule has 0 bridgehead atoms. The molecule has 0 aromatic heterocycles. The fourth-order valence-electron chi connectivity index (χ4n) is 2.81. The summed E-state index contributed by atoms with van der Waals surface area (Å²) in [5.74, 6) is 0.172. The van der Waals surface area contributed by atoms with E-state index in [1.807, 2.05) is 25.1 Å². The molecule has 3 rings (SSSR count). The molecular formula is C16H14O. The van der Waals surface area contributed by atoms with Crippen LogP contribution in [0.3, 0.4) is 0 Å². The van der Waals surface area contributed by atoms with Crippen molar-refractivity contribution >= 4 is 5.78 Å². The number of carbonyl (C=O) groups is 1. The number of fused-ring (bicyclic) bond motifs is 3. The number of benzene rings is 2. The minimum atomic E-state index is 0.172. The van der Waals surface area contributed by atoms with Crippen LogP contribution in [0.4, 0.5) is 0 Å². The standard InChI is InChI=1S/C16H14O/c1-9-7-11(3)15-13(8-9)16(17)12-6-4-5-10(2)14(12)15/h4-8H,1-3H3. The van der Waals surface area contributed by atoms with Crippen molar-refractivity contribution < 1.29 is 4.79 Å². The molecule has 0 amide bonds. The van der Waals surface area contributed by atoms with Crippen molar-refractivity contribution in [3.05, 3.63) is 58.1 Å². The summed E-state index contributed by atoms with van der Waals surface area (Å²) in [5, 5.41) is 0. The molecule has 1 aliphatic carbocycles. The molecule has 1 heteroatoms. The summed E-state index contributed by atoms with van der Waals surface area (Å²) in [6.07, 6.45) is 0. The Morgan fingerprint density at radius 3 is 2.29 bits per heavy atom. The van der Waals surface area contributed by atoms with Crippen molar-refractivity contribution in [3.63, 3.8) is 0 Å². The first kappa shape index (κ1) is 10.3. The van der Waals surface area contributed by atoms with Crippen LogP contribution in [0.25, 0.3) is 11.1 Å². The Hall–Kier alpha value is -1.89. The fourth-order valence-corrected chi connectivity index (χ4v) is 2.81. The Labute approximate surface area is 101 Å². The quantitative estimate of drug-likeness (QED) is 0.565. The fraction of sp³-hybridized carbons (Fsp3) is 0.188. The molecule has 84 valence electrons. The maximum atomic E-state index is 12.3. The first-order chi connectivity index (χ1) is 8.09. The lowest BCUT2D eigenvalue weighted by Crippen LogP contribution is -1.95. The predicted molar refractivity (Wildman–Crippen MR) is 69.5 cm³/mol. The molecular weight excluding hydrogens is 208 g/mol. The van der Waals surface area contributed by atoms with Crippen LogP contribution in [0.5, 0.6) is 0 Å². The Morgan fingerprint density at radius 1 is 0.824 bits per heavy atom. The van der Waals surface area contributed by atoms with E-state index in [-0.39, 0.29) is 5.78 Å². The zero-order chi connectivity index (χ0) is 12.2. The summed E-state index contributed by atoms with van der Waals surface area (Å²) in [5.41, 5.74) is 7.52. The zero-order valence-electron chi connectivity index (χ0n) is 10.3. The van der Waals surface area contributed by atoms with E-state index in [9.17, 15) is 4.79 Å². The first-order valence-corrected chi connectivity index (χ1v) is 5.85. The highest BCUT2D eigenvalue weighted by Gasteiger charge is 2.29. The van der Waals surface area contributed by atoms with E-state index in [4.69, 9.17) is 0 Å². The van der Waals surface area contributed by atoms with E-state index in [0.717, 1.165) is 27.8 Å². The number of hydrogen-bond acceptors (Lipinski definition) is 1. The van der Waals surface area contributed by atoms with Gasteiger partial charge in [-0.15, -0.1) is 0 Å². The maximum Gasteiger partial charge on any atom is 0.194 e. The second-order valence-corrected chi connectivity index (χ2v) is 4.83. The Bertz CT molecular complexity index is 651. The molecule has 0 saturated heterocycles. The minimum absolute atomic E-state index is 0.172. The van der Waals surface area contributed by atoms with Gasteiger partial charge in [-0.2, -0.15) is 0 Å². The Balaban J connectivity index is 2.46. The van der Waals surface area contributed by atoms with Crippen LogP contribution in [-0.2, 0) is 0 Å². The average molecular weight is 222 g/mol. The molecule has 1 aliphatic rings. The normalized spacial score (nSPS) is 12.5. The molecule has 0 fully saturated rings. The first-order valence-electron chi connectivity index (χ1n) is 5.85. The van der Waals surface area contributed by atoms with E-state index in [1.54, 1.807) is 0 Å². The summed E-state index contributed by atoms with van der Waals surface area (Å²) in [7, 11) is 0. The van der Waals surface area contributed by atoms with Gasteiger partial charge in [0.25, 0.3) is 0 Å². The number of rotatable bonds is 0. The van der Waals surface area contributed by atoms with Crippen molar-refractivity contribution in [1.29, 1.82) is 0 Å². The van der Waals surface area contributed by atoms with Gasteiger partial charge < -0.3 is 0 Å². The molecule has 0 atom stereocenters. The molecule has 0 spiro atoms. The molecule has 0 N–H and O–H groups in total. The molecule has 2 aromatic carbocycles. The van der Waals surface area contributed by atoms with Gasteiger partial charge in [-0.05, 0) is 49.1 Å². The SMILES string of the molecule is Cc1cc(C)c2c(c1)C(=O)c1cccc(C)c1-2. The number of ketones is 1. The van der Waals surface area contributed by atoms with Gasteiger partial charge in [0.2, 0.25) is 0 Å². The third-order valence-corrected chi connectivity index (χ3v) is 3.49. The van der Waals surface area contributed by atoms with E-state index < -0.39 is 0 Å². The van der Waals surface area contributed by atoms with Gasteiger partial charge in [0.05, 0.1) is 0 Å². The maximum absolute atomic E-state index is 12.3. The minimum Gasteiger partial charge on any atom is -0.289 e. The number of carbonyl (C=O) groups excluding carboxylic acids is 1. The number of aryl methyl sites for hydroxylation is 3. The van der Waals surface area contributed by atoms with Crippen LogP contribution in [-0.4, -0.2) is 5.78 Å². The van der Waals surface area contributed by atoms with Gasteiger partial charge in [-0.1, -0.05) is 29.8 Å². The zero-order valence-corrected chi connectivity index (χ0v) is 10.3. The molecule has 0 unspecified atom stereocenters. The van der Waals surface area contributed by atoms with Crippen LogP contribution in [0.1, 0.15) is 32.6 Å². The highest BCUT2D eigenvalue weighted by Crippen LogP contribution is 2.41. The van der Waals surface area contributed by atoms with Crippen molar-refractivity contribution in [2.75, 3.05) is 0 Å². The van der Waals surface area contributed by atoms with E-state index in [2.05, 4.69) is 26.0 Å². The third kappa shape index (κ3) is 1.29. The lowest BCUT2D eigenvalue weighted by molar-refractivity contribution is 0.104. The van der Waals surface area contributed by atoms with Crippen molar-refractivity contribution in [3.8, 4) is 11.1 Å². The molecule has 0 aliphatic heterocycles. The summed E-state index contributed by atoms with van der Waals surface area (Å²) >= 11 is 0. The third-order valence-electron chi connectivity index (χ3n) is 3.49. The molecule has 0 radical (unpaired) electrons. The monoisotopic (exact) mass is 222 g/mol. The van der Waals surface area contributed by atoms with Crippen molar-refractivity contribution in [2.24, 2.45) is 0 Å². The summed E-state index contributed by atoms with van der Waals surface area (Å²) in [6.45, 7) is 6.19. The average Bonchev–Trinajstić information content (AvgIpc) is 2.55. The second kappa shape index (κ2) is 3.30. The largest absolute Gasteiger partial charge is 0.289 e. The van der Waals surface area contributed by atoms with Gasteiger partial charge in [0.1, 0.15) is 0 Å². The number of hydrogen-bond donors (Lipinski definition) is 0. The Kier molecular flexibility index (Phi) is 1.99. The van der Waals surface area contributed by atoms with Crippen LogP contribution < -0.4 is 0 Å². The predicted octanol–water partition coefficient (Wildman–Crippen LogP) is 3.82. The molecule has 2 aromatic rings. The van der Waals surface area contributed by atoms with Gasteiger partial charge in [-0.25, -0.2) is 0 Å². The van der Waals surface area contributed by atoms with E-state index in [1.165, 1.54) is 11.1 Å². The lowest BCUT2D eigenvalue weighted by Gasteiger charge is -2.08. The Morgan fingerprint density at radius 2 is 1.53 bits per heavy atom. The van der Waals surface area contributed by atoms with Gasteiger partial charge in [0.15, 0.2) is 5.78 Å². The van der Waals surface area contributed by atoms with Crippen molar-refractivity contribution in [2.45, 2.75) is 20.8 Å². The summed E-state index contributed by atoms with van der Waals surface area (Å²) in [6, 6.07) is 10.1. The van der Waals surface area contributed by atoms with E-state index in [0.29, 0.717) is 0 Å².